The van der Waals surface area contributed by atoms with Gasteiger partial charge in [0.25, 0.3) is 0 Å². The van der Waals surface area contributed by atoms with Crippen molar-refractivity contribution in [3.8, 4) is 0 Å². The molecular weight excluding hydrogens is 289 g/mol. The van der Waals surface area contributed by atoms with Crippen LogP contribution in [0.3, 0.4) is 0 Å². The lowest BCUT2D eigenvalue weighted by Crippen LogP contribution is -1.99. The minimum Gasteiger partial charge on any atom is -0.248 e. The van der Waals surface area contributed by atoms with Crippen LogP contribution in [0.1, 0.15) is 23.0 Å². The largest absolute Gasteiger partial charge is 0.248 e. The van der Waals surface area contributed by atoms with Gasteiger partial charge in [0.1, 0.15) is 0 Å². The van der Waals surface area contributed by atoms with Crippen molar-refractivity contribution in [1.29, 1.82) is 0 Å². The summed E-state index contributed by atoms with van der Waals surface area (Å²) in [5.74, 6) is 0. The number of benzene rings is 1. The van der Waals surface area contributed by atoms with Gasteiger partial charge >= 0.3 is 0 Å². The standard InChI is InChI=1S/C11H11BrClN3/c1-8(12)11-7-16(15-14-11)6-9-2-4-10(13)5-3-9/h2-5,7-8H,6H2,1H3. The lowest BCUT2D eigenvalue weighted by atomic mass is 10.2. The Kier molecular flexibility index (Phi) is 3.61. The van der Waals surface area contributed by atoms with Gasteiger partial charge in [-0.15, -0.1) is 5.10 Å². The molecule has 1 aromatic carbocycles. The third-order valence-electron chi connectivity index (χ3n) is 2.22. The molecule has 0 radical (unpaired) electrons. The minimum atomic E-state index is 0.228. The van der Waals surface area contributed by atoms with Gasteiger partial charge in [-0.25, -0.2) is 4.68 Å². The van der Waals surface area contributed by atoms with Gasteiger partial charge in [0, 0.05) is 11.2 Å². The van der Waals surface area contributed by atoms with Gasteiger partial charge in [-0.3, -0.25) is 0 Å². The first kappa shape index (κ1) is 11.6. The first-order chi connectivity index (χ1) is 7.65. The molecule has 1 unspecified atom stereocenters. The van der Waals surface area contributed by atoms with Crippen LogP contribution >= 0.6 is 27.5 Å². The van der Waals surface area contributed by atoms with Crippen molar-refractivity contribution >= 4 is 27.5 Å². The lowest BCUT2D eigenvalue weighted by Gasteiger charge is -2.00. The molecule has 16 heavy (non-hydrogen) atoms. The van der Waals surface area contributed by atoms with Crippen LogP contribution in [0.15, 0.2) is 30.5 Å². The lowest BCUT2D eigenvalue weighted by molar-refractivity contribution is 0.649. The van der Waals surface area contributed by atoms with E-state index >= 15 is 0 Å². The maximum absolute atomic E-state index is 5.82. The Bertz CT molecular complexity index is 464. The molecular formula is C11H11BrClN3. The average molecular weight is 301 g/mol. The predicted molar refractivity (Wildman–Crippen MR) is 67.9 cm³/mol. The van der Waals surface area contributed by atoms with E-state index in [-0.39, 0.29) is 4.83 Å². The quantitative estimate of drug-likeness (QED) is 0.813. The summed E-state index contributed by atoms with van der Waals surface area (Å²) < 4.78 is 1.82. The van der Waals surface area contributed by atoms with E-state index < -0.39 is 0 Å². The normalized spacial score (nSPS) is 12.7. The second-order valence-corrected chi connectivity index (χ2v) is 5.39. The van der Waals surface area contributed by atoms with Gasteiger partial charge in [0.05, 0.1) is 17.1 Å². The zero-order chi connectivity index (χ0) is 11.5. The molecule has 0 aliphatic carbocycles. The fourth-order valence-corrected chi connectivity index (χ4v) is 1.69. The molecule has 5 heteroatoms. The molecule has 0 spiro atoms. The van der Waals surface area contributed by atoms with E-state index in [2.05, 4.69) is 26.2 Å². The number of hydrogen-bond donors (Lipinski definition) is 0. The number of rotatable bonds is 3. The van der Waals surface area contributed by atoms with Crippen molar-refractivity contribution in [2.45, 2.75) is 18.3 Å². The summed E-state index contributed by atoms with van der Waals surface area (Å²) >= 11 is 9.28. The van der Waals surface area contributed by atoms with E-state index in [0.717, 1.165) is 16.3 Å². The van der Waals surface area contributed by atoms with Crippen molar-refractivity contribution in [3.63, 3.8) is 0 Å². The van der Waals surface area contributed by atoms with E-state index in [1.54, 1.807) is 0 Å². The summed E-state index contributed by atoms with van der Waals surface area (Å²) in [4.78, 5) is 0.228. The summed E-state index contributed by atoms with van der Waals surface area (Å²) in [5.41, 5.74) is 2.09. The van der Waals surface area contributed by atoms with Crippen molar-refractivity contribution in [3.05, 3.63) is 46.7 Å². The summed E-state index contributed by atoms with van der Waals surface area (Å²) in [6, 6.07) is 7.73. The molecule has 0 amide bonds. The molecule has 3 nitrogen and oxygen atoms in total. The average Bonchev–Trinajstić information content (AvgIpc) is 2.70. The maximum Gasteiger partial charge on any atom is 0.0960 e. The summed E-state index contributed by atoms with van der Waals surface area (Å²) in [5, 5.41) is 8.88. The third kappa shape index (κ3) is 2.83. The monoisotopic (exact) mass is 299 g/mol. The Labute approximate surface area is 108 Å². The minimum absolute atomic E-state index is 0.228. The highest BCUT2D eigenvalue weighted by molar-refractivity contribution is 9.09. The molecule has 0 fully saturated rings. The SMILES string of the molecule is CC(Br)c1cn(Cc2ccc(Cl)cc2)nn1. The number of alkyl halides is 1. The maximum atomic E-state index is 5.82. The molecule has 0 saturated heterocycles. The number of aromatic nitrogens is 3. The molecule has 1 heterocycles. The summed E-state index contributed by atoms with van der Waals surface area (Å²) in [6.07, 6.45) is 1.94. The van der Waals surface area contributed by atoms with Crippen LogP contribution in [0.2, 0.25) is 5.02 Å². The molecule has 0 saturated carbocycles. The fraction of sp³-hybridized carbons (Fsp3) is 0.273. The van der Waals surface area contributed by atoms with Gasteiger partial charge in [-0.1, -0.05) is 44.9 Å². The molecule has 0 N–H and O–H groups in total. The molecule has 2 rings (SSSR count). The number of hydrogen-bond acceptors (Lipinski definition) is 2. The zero-order valence-electron chi connectivity index (χ0n) is 8.77. The first-order valence-corrected chi connectivity index (χ1v) is 6.23. The predicted octanol–water partition coefficient (Wildman–Crippen LogP) is 3.44. The second-order valence-electron chi connectivity index (χ2n) is 3.58. The first-order valence-electron chi connectivity index (χ1n) is 4.93. The summed E-state index contributed by atoms with van der Waals surface area (Å²) in [7, 11) is 0. The molecule has 2 aromatic rings. The van der Waals surface area contributed by atoms with Gasteiger partial charge in [0.2, 0.25) is 0 Å². The van der Waals surface area contributed by atoms with E-state index in [1.165, 1.54) is 0 Å². The van der Waals surface area contributed by atoms with Gasteiger partial charge in [0.15, 0.2) is 0 Å². The Morgan fingerprint density at radius 1 is 1.38 bits per heavy atom. The number of nitrogens with zero attached hydrogens (tertiary/aromatic N) is 3. The Hall–Kier alpha value is -0.870. The van der Waals surface area contributed by atoms with Crippen LogP contribution in [0.25, 0.3) is 0 Å². The highest BCUT2D eigenvalue weighted by Crippen LogP contribution is 2.18. The molecule has 1 aromatic heterocycles. The highest BCUT2D eigenvalue weighted by atomic mass is 79.9. The second kappa shape index (κ2) is 4.97. The van der Waals surface area contributed by atoms with Crippen LogP contribution in [0, 0.1) is 0 Å². The fourth-order valence-electron chi connectivity index (χ4n) is 1.35. The van der Waals surface area contributed by atoms with Crippen molar-refractivity contribution in [2.24, 2.45) is 0 Å². The van der Waals surface area contributed by atoms with E-state index in [1.807, 2.05) is 42.1 Å². The molecule has 0 aliphatic heterocycles. The van der Waals surface area contributed by atoms with Crippen LogP contribution < -0.4 is 0 Å². The highest BCUT2D eigenvalue weighted by Gasteiger charge is 2.06. The Morgan fingerprint density at radius 3 is 2.62 bits per heavy atom. The molecule has 0 bridgehead atoms. The Morgan fingerprint density at radius 2 is 2.06 bits per heavy atom. The smallest absolute Gasteiger partial charge is 0.0960 e. The van der Waals surface area contributed by atoms with Crippen LogP contribution in [0.4, 0.5) is 0 Å². The van der Waals surface area contributed by atoms with Crippen molar-refractivity contribution in [2.75, 3.05) is 0 Å². The van der Waals surface area contributed by atoms with Crippen molar-refractivity contribution < 1.29 is 0 Å². The molecule has 1 atom stereocenters. The summed E-state index contributed by atoms with van der Waals surface area (Å²) in [6.45, 7) is 2.74. The van der Waals surface area contributed by atoms with Crippen LogP contribution in [0.5, 0.6) is 0 Å². The third-order valence-corrected chi connectivity index (χ3v) is 2.94. The van der Waals surface area contributed by atoms with Gasteiger partial charge in [-0.05, 0) is 24.6 Å². The van der Waals surface area contributed by atoms with Gasteiger partial charge in [-0.2, -0.15) is 0 Å². The molecule has 84 valence electrons. The topological polar surface area (TPSA) is 30.7 Å². The van der Waals surface area contributed by atoms with E-state index in [0.29, 0.717) is 6.54 Å². The van der Waals surface area contributed by atoms with E-state index in [4.69, 9.17) is 11.6 Å². The van der Waals surface area contributed by atoms with E-state index in [9.17, 15) is 0 Å². The Balaban J connectivity index is 2.11. The molecule has 0 aliphatic rings. The van der Waals surface area contributed by atoms with Crippen molar-refractivity contribution in [1.82, 2.24) is 15.0 Å². The van der Waals surface area contributed by atoms with Gasteiger partial charge < -0.3 is 0 Å². The van der Waals surface area contributed by atoms with Crippen LogP contribution in [-0.2, 0) is 6.54 Å². The van der Waals surface area contributed by atoms with Crippen LogP contribution in [-0.4, -0.2) is 15.0 Å². The zero-order valence-corrected chi connectivity index (χ0v) is 11.1. The number of halogens is 2.